The Balaban J connectivity index is 2.51. The van der Waals surface area contributed by atoms with Gasteiger partial charge in [0.2, 0.25) is 5.91 Å². The summed E-state index contributed by atoms with van der Waals surface area (Å²) in [6.45, 7) is 9.21. The Labute approximate surface area is 98.6 Å². The lowest BCUT2D eigenvalue weighted by atomic mass is 10.1. The number of rotatable bonds is 6. The van der Waals surface area contributed by atoms with Gasteiger partial charge in [0.1, 0.15) is 0 Å². The van der Waals surface area contributed by atoms with Crippen molar-refractivity contribution in [1.82, 2.24) is 10.2 Å². The van der Waals surface area contributed by atoms with Crippen molar-refractivity contribution in [2.45, 2.75) is 45.7 Å². The zero-order valence-corrected chi connectivity index (χ0v) is 10.7. The molecule has 2 unspecified atom stereocenters. The number of hydrogen-bond acceptors (Lipinski definition) is 3. The number of primary amides is 1. The Morgan fingerprint density at radius 3 is 2.62 bits per heavy atom. The number of nitrogens with two attached hydrogens (primary N) is 1. The molecule has 1 aliphatic rings. The van der Waals surface area contributed by atoms with Gasteiger partial charge in [-0.3, -0.25) is 9.69 Å². The third-order valence-electron chi connectivity index (χ3n) is 3.18. The first kappa shape index (κ1) is 13.5. The lowest BCUT2D eigenvalue weighted by Crippen LogP contribution is -2.49. The summed E-state index contributed by atoms with van der Waals surface area (Å²) in [4.78, 5) is 13.5. The van der Waals surface area contributed by atoms with Crippen molar-refractivity contribution in [3.05, 3.63) is 0 Å². The molecule has 0 aliphatic carbocycles. The van der Waals surface area contributed by atoms with Gasteiger partial charge in [0.25, 0.3) is 0 Å². The monoisotopic (exact) mass is 227 g/mol. The maximum atomic E-state index is 11.3. The van der Waals surface area contributed by atoms with Gasteiger partial charge in [0.15, 0.2) is 0 Å². The topological polar surface area (TPSA) is 58.4 Å². The van der Waals surface area contributed by atoms with E-state index < -0.39 is 0 Å². The maximum absolute atomic E-state index is 11.3. The molecule has 16 heavy (non-hydrogen) atoms. The summed E-state index contributed by atoms with van der Waals surface area (Å²) in [5.74, 6) is 0.335. The Bertz CT molecular complexity index is 224. The second kappa shape index (κ2) is 6.21. The van der Waals surface area contributed by atoms with Crippen LogP contribution in [0.5, 0.6) is 0 Å². The maximum Gasteiger partial charge on any atom is 0.234 e. The summed E-state index contributed by atoms with van der Waals surface area (Å²) >= 11 is 0. The molecule has 0 saturated carbocycles. The Hall–Kier alpha value is -0.610. The van der Waals surface area contributed by atoms with Crippen LogP contribution < -0.4 is 11.1 Å². The van der Waals surface area contributed by atoms with Crippen LogP contribution in [-0.4, -0.2) is 42.5 Å². The minimum Gasteiger partial charge on any atom is -0.368 e. The van der Waals surface area contributed by atoms with Crippen LogP contribution in [0.1, 0.15) is 33.6 Å². The van der Waals surface area contributed by atoms with Gasteiger partial charge in [-0.2, -0.15) is 0 Å². The fourth-order valence-electron chi connectivity index (χ4n) is 2.24. The minimum atomic E-state index is -0.223. The molecular formula is C12H25N3O. The molecule has 1 rings (SSSR count). The average Bonchev–Trinajstić information content (AvgIpc) is 2.67. The second-order valence-corrected chi connectivity index (χ2v) is 5.22. The van der Waals surface area contributed by atoms with Crippen LogP contribution in [0.25, 0.3) is 0 Å². The largest absolute Gasteiger partial charge is 0.368 e. The van der Waals surface area contributed by atoms with Crippen molar-refractivity contribution in [3.63, 3.8) is 0 Å². The van der Waals surface area contributed by atoms with Gasteiger partial charge in [-0.1, -0.05) is 13.8 Å². The lowest BCUT2D eigenvalue weighted by molar-refractivity contribution is -0.122. The van der Waals surface area contributed by atoms with E-state index in [1.54, 1.807) is 0 Å². The van der Waals surface area contributed by atoms with Crippen LogP contribution in [0.15, 0.2) is 0 Å². The first-order valence-corrected chi connectivity index (χ1v) is 6.27. The Kier molecular flexibility index (Phi) is 5.22. The molecule has 1 heterocycles. The molecule has 94 valence electrons. The van der Waals surface area contributed by atoms with Gasteiger partial charge >= 0.3 is 0 Å². The van der Waals surface area contributed by atoms with E-state index in [2.05, 4.69) is 24.1 Å². The van der Waals surface area contributed by atoms with Crippen molar-refractivity contribution in [3.8, 4) is 0 Å². The third-order valence-corrected chi connectivity index (χ3v) is 3.18. The first-order chi connectivity index (χ1) is 7.50. The summed E-state index contributed by atoms with van der Waals surface area (Å²) in [5, 5.41) is 3.46. The van der Waals surface area contributed by atoms with E-state index >= 15 is 0 Å². The van der Waals surface area contributed by atoms with Crippen molar-refractivity contribution >= 4 is 5.91 Å². The van der Waals surface area contributed by atoms with Crippen LogP contribution in [-0.2, 0) is 4.79 Å². The Morgan fingerprint density at radius 1 is 1.50 bits per heavy atom. The fourth-order valence-corrected chi connectivity index (χ4v) is 2.24. The number of nitrogens with zero attached hydrogens (tertiary/aromatic N) is 1. The minimum absolute atomic E-state index is 0.162. The van der Waals surface area contributed by atoms with Gasteiger partial charge in [0.05, 0.1) is 6.04 Å². The van der Waals surface area contributed by atoms with Crippen LogP contribution in [0.2, 0.25) is 0 Å². The van der Waals surface area contributed by atoms with Gasteiger partial charge in [0, 0.05) is 19.1 Å². The normalized spacial score (nSPS) is 22.9. The molecule has 0 radical (unpaired) electrons. The van der Waals surface area contributed by atoms with E-state index in [-0.39, 0.29) is 11.9 Å². The average molecular weight is 227 g/mol. The van der Waals surface area contributed by atoms with Crippen LogP contribution >= 0.6 is 0 Å². The molecule has 0 aromatic carbocycles. The van der Waals surface area contributed by atoms with Crippen molar-refractivity contribution in [2.75, 3.05) is 19.6 Å². The molecule has 0 spiro atoms. The smallest absolute Gasteiger partial charge is 0.234 e. The van der Waals surface area contributed by atoms with Gasteiger partial charge < -0.3 is 11.1 Å². The van der Waals surface area contributed by atoms with Crippen molar-refractivity contribution in [1.29, 1.82) is 0 Å². The Morgan fingerprint density at radius 2 is 2.19 bits per heavy atom. The van der Waals surface area contributed by atoms with Crippen LogP contribution in [0.3, 0.4) is 0 Å². The molecule has 1 saturated heterocycles. The molecule has 4 nitrogen and oxygen atoms in total. The molecule has 4 heteroatoms. The first-order valence-electron chi connectivity index (χ1n) is 6.27. The van der Waals surface area contributed by atoms with Crippen LogP contribution in [0.4, 0.5) is 0 Å². The number of hydrogen-bond donors (Lipinski definition) is 2. The van der Waals surface area contributed by atoms with E-state index in [0.717, 1.165) is 19.6 Å². The summed E-state index contributed by atoms with van der Waals surface area (Å²) < 4.78 is 0. The second-order valence-electron chi connectivity index (χ2n) is 5.22. The van der Waals surface area contributed by atoms with Crippen molar-refractivity contribution < 1.29 is 4.79 Å². The predicted molar refractivity (Wildman–Crippen MR) is 66.1 cm³/mol. The van der Waals surface area contributed by atoms with E-state index in [4.69, 9.17) is 5.73 Å². The van der Waals surface area contributed by atoms with Gasteiger partial charge in [-0.15, -0.1) is 0 Å². The highest BCUT2D eigenvalue weighted by Crippen LogP contribution is 2.11. The molecule has 3 N–H and O–H groups in total. The summed E-state index contributed by atoms with van der Waals surface area (Å²) in [7, 11) is 0. The van der Waals surface area contributed by atoms with E-state index in [1.165, 1.54) is 12.8 Å². The SMILES string of the molecule is CC(C)CN(CC1CCCN1)C(C)C(N)=O. The number of amides is 1. The van der Waals surface area contributed by atoms with E-state index in [9.17, 15) is 4.79 Å². The summed E-state index contributed by atoms with van der Waals surface area (Å²) in [6, 6.07) is 0.366. The van der Waals surface area contributed by atoms with E-state index in [1.807, 2.05) is 6.92 Å². The quantitative estimate of drug-likeness (QED) is 0.697. The lowest BCUT2D eigenvalue weighted by Gasteiger charge is -2.31. The van der Waals surface area contributed by atoms with E-state index in [0.29, 0.717) is 12.0 Å². The zero-order chi connectivity index (χ0) is 12.1. The standard InChI is InChI=1S/C12H25N3O/c1-9(2)7-15(10(3)12(13)16)8-11-5-4-6-14-11/h9-11,14H,4-8H2,1-3H3,(H2,13,16). The molecule has 1 aliphatic heterocycles. The number of nitrogens with one attached hydrogen (secondary N) is 1. The number of carbonyl (C=O) groups excluding carboxylic acids is 1. The van der Waals surface area contributed by atoms with Crippen molar-refractivity contribution in [2.24, 2.45) is 11.7 Å². The van der Waals surface area contributed by atoms with Crippen LogP contribution in [0, 0.1) is 5.92 Å². The molecule has 1 amide bonds. The third kappa shape index (κ3) is 4.10. The molecule has 0 bridgehead atoms. The fraction of sp³-hybridized carbons (Fsp3) is 0.917. The highest BCUT2D eigenvalue weighted by atomic mass is 16.1. The number of carbonyl (C=O) groups is 1. The summed E-state index contributed by atoms with van der Waals surface area (Å²) in [5.41, 5.74) is 5.39. The molecular weight excluding hydrogens is 202 g/mol. The van der Waals surface area contributed by atoms with Gasteiger partial charge in [-0.05, 0) is 32.2 Å². The molecule has 0 aromatic rings. The molecule has 1 fully saturated rings. The highest BCUT2D eigenvalue weighted by molar-refractivity contribution is 5.79. The molecule has 0 aromatic heterocycles. The molecule has 2 atom stereocenters. The highest BCUT2D eigenvalue weighted by Gasteiger charge is 2.24. The predicted octanol–water partition coefficient (Wildman–Crippen LogP) is 0.570. The summed E-state index contributed by atoms with van der Waals surface area (Å²) in [6.07, 6.45) is 2.45. The van der Waals surface area contributed by atoms with Gasteiger partial charge in [-0.25, -0.2) is 0 Å². The zero-order valence-electron chi connectivity index (χ0n) is 10.7.